The molecule has 0 atom stereocenters. The van der Waals surface area contributed by atoms with Gasteiger partial charge in [-0.2, -0.15) is 0 Å². The molecular weight excluding hydrogens is 256 g/mol. The van der Waals surface area contributed by atoms with E-state index in [1.165, 1.54) is 16.0 Å². The first-order valence-corrected chi connectivity index (χ1v) is 7.71. The summed E-state index contributed by atoms with van der Waals surface area (Å²) < 4.78 is 0. The van der Waals surface area contributed by atoms with Gasteiger partial charge in [-0.15, -0.1) is 24.4 Å². The zero-order chi connectivity index (χ0) is 13.4. The first-order valence-electron chi connectivity index (χ1n) is 6.04. The van der Waals surface area contributed by atoms with E-state index in [2.05, 4.69) is 57.0 Å². The van der Waals surface area contributed by atoms with Gasteiger partial charge in [0, 0.05) is 9.79 Å². The monoisotopic (exact) mass is 276 g/mol. The van der Waals surface area contributed by atoms with Crippen molar-refractivity contribution < 1.29 is 0 Å². The Labute approximate surface area is 120 Å². The van der Waals surface area contributed by atoms with Crippen molar-refractivity contribution in [2.75, 3.05) is 6.26 Å². The molecule has 2 aromatic carbocycles. The molecule has 0 radical (unpaired) electrons. The average Bonchev–Trinajstić information content (AvgIpc) is 2.43. The third-order valence-corrected chi connectivity index (χ3v) is 3.64. The van der Waals surface area contributed by atoms with Crippen molar-refractivity contribution in [3.05, 3.63) is 59.7 Å². The maximum absolute atomic E-state index is 4.13. The number of benzene rings is 2. The fraction of sp³-hybridized carbons (Fsp3) is 0.250. The smallest absolute Gasteiger partial charge is 0.00693 e. The van der Waals surface area contributed by atoms with E-state index < -0.39 is 0 Å². The van der Waals surface area contributed by atoms with Crippen molar-refractivity contribution in [3.63, 3.8) is 0 Å². The fourth-order valence-electron chi connectivity index (χ4n) is 1.41. The molecule has 0 heterocycles. The molecule has 0 fully saturated rings. The largest absolute Gasteiger partial charge is 0.143 e. The summed E-state index contributed by atoms with van der Waals surface area (Å²) in [6, 6.07) is 16.8. The van der Waals surface area contributed by atoms with Crippen LogP contribution in [0.1, 0.15) is 18.1 Å². The van der Waals surface area contributed by atoms with Gasteiger partial charge in [-0.05, 0) is 49.4 Å². The van der Waals surface area contributed by atoms with Crippen molar-refractivity contribution in [2.24, 2.45) is 0 Å². The summed E-state index contributed by atoms with van der Waals surface area (Å²) in [7, 11) is 0. The third kappa shape index (κ3) is 5.65. The van der Waals surface area contributed by atoms with Gasteiger partial charge < -0.3 is 0 Å². The van der Waals surface area contributed by atoms with E-state index in [0.717, 1.165) is 11.3 Å². The summed E-state index contributed by atoms with van der Waals surface area (Å²) in [6.45, 7) is 4.24. The Bertz CT molecular complexity index is 400. The molecule has 2 rings (SSSR count). The topological polar surface area (TPSA) is 0 Å². The van der Waals surface area contributed by atoms with Crippen LogP contribution in [0.5, 0.6) is 0 Å². The zero-order valence-corrected chi connectivity index (χ0v) is 12.9. The van der Waals surface area contributed by atoms with Gasteiger partial charge in [0.15, 0.2) is 0 Å². The van der Waals surface area contributed by atoms with E-state index in [4.69, 9.17) is 0 Å². The van der Waals surface area contributed by atoms with Gasteiger partial charge in [0.1, 0.15) is 0 Å². The van der Waals surface area contributed by atoms with E-state index in [0.29, 0.717) is 0 Å². The van der Waals surface area contributed by atoms with Crippen LogP contribution >= 0.6 is 24.4 Å². The first kappa shape index (κ1) is 15.2. The molecule has 0 aliphatic rings. The summed E-state index contributed by atoms with van der Waals surface area (Å²) in [5.74, 6) is 0. The van der Waals surface area contributed by atoms with Gasteiger partial charge in [0.25, 0.3) is 0 Å². The number of aryl methyl sites for hydroxylation is 2. The molecular formula is C16H20S2. The lowest BCUT2D eigenvalue weighted by atomic mass is 10.2. The molecule has 0 saturated heterocycles. The second-order valence-electron chi connectivity index (χ2n) is 4.04. The van der Waals surface area contributed by atoms with Gasteiger partial charge in [-0.1, -0.05) is 36.8 Å². The summed E-state index contributed by atoms with van der Waals surface area (Å²) in [4.78, 5) is 2.37. The minimum atomic E-state index is 1.02. The van der Waals surface area contributed by atoms with Crippen LogP contribution in [0.25, 0.3) is 0 Å². The van der Waals surface area contributed by atoms with Crippen molar-refractivity contribution in [1.82, 2.24) is 0 Å². The quantitative estimate of drug-likeness (QED) is 0.577. The SMILES string of the molecule is CCc1ccc(SC)cc1.Cc1ccc(S)cc1. The van der Waals surface area contributed by atoms with Gasteiger partial charge in [-0.3, -0.25) is 0 Å². The van der Waals surface area contributed by atoms with Gasteiger partial charge in [0.2, 0.25) is 0 Å². The average molecular weight is 276 g/mol. The van der Waals surface area contributed by atoms with E-state index in [1.54, 1.807) is 11.8 Å². The molecule has 0 aliphatic carbocycles. The second kappa shape index (κ2) is 8.28. The number of thiol groups is 1. The molecule has 96 valence electrons. The van der Waals surface area contributed by atoms with Crippen LogP contribution in [0.2, 0.25) is 0 Å². The summed E-state index contributed by atoms with van der Waals surface area (Å²) in [6.07, 6.45) is 3.23. The molecule has 18 heavy (non-hydrogen) atoms. The molecule has 0 saturated carbocycles. The number of rotatable bonds is 2. The molecule has 2 heteroatoms. The van der Waals surface area contributed by atoms with Crippen LogP contribution in [-0.4, -0.2) is 6.26 Å². The van der Waals surface area contributed by atoms with E-state index in [-0.39, 0.29) is 0 Å². The number of hydrogen-bond acceptors (Lipinski definition) is 2. The van der Waals surface area contributed by atoms with Crippen molar-refractivity contribution in [1.29, 1.82) is 0 Å². The molecule has 0 aliphatic heterocycles. The van der Waals surface area contributed by atoms with Crippen LogP contribution < -0.4 is 0 Å². The minimum Gasteiger partial charge on any atom is -0.143 e. The Morgan fingerprint density at radius 3 is 1.89 bits per heavy atom. The molecule has 0 nitrogen and oxygen atoms in total. The summed E-state index contributed by atoms with van der Waals surface area (Å²) >= 11 is 5.92. The molecule has 0 unspecified atom stereocenters. The molecule has 0 aromatic heterocycles. The maximum atomic E-state index is 4.13. The third-order valence-electron chi connectivity index (χ3n) is 2.60. The fourth-order valence-corrected chi connectivity index (χ4v) is 1.96. The van der Waals surface area contributed by atoms with E-state index >= 15 is 0 Å². The highest BCUT2D eigenvalue weighted by Crippen LogP contribution is 2.14. The predicted octanol–water partition coefficient (Wildman–Crippen LogP) is 5.25. The lowest BCUT2D eigenvalue weighted by Gasteiger charge is -1.97. The van der Waals surface area contributed by atoms with Crippen LogP contribution in [0.15, 0.2) is 58.3 Å². The van der Waals surface area contributed by atoms with Crippen LogP contribution in [0.3, 0.4) is 0 Å². The highest BCUT2D eigenvalue weighted by atomic mass is 32.2. The molecule has 0 amide bonds. The van der Waals surface area contributed by atoms with Crippen LogP contribution in [-0.2, 0) is 6.42 Å². The number of hydrogen-bond donors (Lipinski definition) is 1. The van der Waals surface area contributed by atoms with E-state index in [1.807, 2.05) is 24.3 Å². The second-order valence-corrected chi connectivity index (χ2v) is 5.43. The van der Waals surface area contributed by atoms with Crippen molar-refractivity contribution in [2.45, 2.75) is 30.1 Å². The maximum Gasteiger partial charge on any atom is 0.00693 e. The Morgan fingerprint density at radius 1 is 0.944 bits per heavy atom. The first-order chi connectivity index (χ1) is 8.65. The van der Waals surface area contributed by atoms with Gasteiger partial charge in [-0.25, -0.2) is 0 Å². The van der Waals surface area contributed by atoms with Gasteiger partial charge in [0.05, 0.1) is 0 Å². The predicted molar refractivity (Wildman–Crippen MR) is 86.0 cm³/mol. The van der Waals surface area contributed by atoms with Crippen molar-refractivity contribution in [3.8, 4) is 0 Å². The Kier molecular flexibility index (Phi) is 6.99. The number of thioether (sulfide) groups is 1. The molecule has 2 aromatic rings. The highest BCUT2D eigenvalue weighted by molar-refractivity contribution is 7.98. The lowest BCUT2D eigenvalue weighted by Crippen LogP contribution is -1.77. The van der Waals surface area contributed by atoms with E-state index in [9.17, 15) is 0 Å². The van der Waals surface area contributed by atoms with Crippen molar-refractivity contribution >= 4 is 24.4 Å². The summed E-state index contributed by atoms with van der Waals surface area (Å²) in [5.41, 5.74) is 2.70. The standard InChI is InChI=1S/C9H12S.C7H8S/c1-3-8-4-6-9(10-2)7-5-8;1-6-2-4-7(8)5-3-6/h4-7H,3H2,1-2H3;2-5,8H,1H3. The molecule has 0 N–H and O–H groups in total. The Balaban J connectivity index is 0.000000184. The van der Waals surface area contributed by atoms with Gasteiger partial charge >= 0.3 is 0 Å². The normalized spacial score (nSPS) is 9.56. The highest BCUT2D eigenvalue weighted by Gasteiger charge is 1.88. The van der Waals surface area contributed by atoms with Crippen LogP contribution in [0, 0.1) is 6.92 Å². The Morgan fingerprint density at radius 2 is 1.50 bits per heavy atom. The summed E-state index contributed by atoms with van der Waals surface area (Å²) in [5, 5.41) is 0. The zero-order valence-electron chi connectivity index (χ0n) is 11.2. The minimum absolute atomic E-state index is 1.02. The molecule has 0 spiro atoms. The Hall–Kier alpha value is -0.860. The lowest BCUT2D eigenvalue weighted by molar-refractivity contribution is 1.13. The molecule has 0 bridgehead atoms. The van der Waals surface area contributed by atoms with Crippen LogP contribution in [0.4, 0.5) is 0 Å².